The topological polar surface area (TPSA) is 90.7 Å². The van der Waals surface area contributed by atoms with E-state index in [1.165, 1.54) is 0 Å². The molecule has 0 aliphatic carbocycles. The zero-order chi connectivity index (χ0) is 13.7. The molecule has 0 saturated heterocycles. The Morgan fingerprint density at radius 2 is 2.32 bits per heavy atom. The normalized spacial score (nSPS) is 13.2. The van der Waals surface area contributed by atoms with Gasteiger partial charge in [0, 0.05) is 13.0 Å². The molecule has 102 valence electrons. The summed E-state index contributed by atoms with van der Waals surface area (Å²) in [5, 5.41) is 2.73. The number of carbonyl (C=O) groups excluding carboxylic acids is 2. The molecule has 1 amide bonds. The van der Waals surface area contributed by atoms with Gasteiger partial charge >= 0.3 is 5.97 Å². The molecule has 0 atom stereocenters. The van der Waals surface area contributed by atoms with E-state index in [0.717, 1.165) is 5.56 Å². The molecule has 0 aromatic heterocycles. The summed E-state index contributed by atoms with van der Waals surface area (Å²) in [4.78, 5) is 22.3. The number of carbonyl (C=O) groups is 2. The van der Waals surface area contributed by atoms with Crippen LogP contribution in [0.15, 0.2) is 18.2 Å². The van der Waals surface area contributed by atoms with Gasteiger partial charge in [-0.05, 0) is 17.7 Å². The van der Waals surface area contributed by atoms with Crippen LogP contribution in [0.5, 0.6) is 5.75 Å². The molecular weight excluding hydrogens is 248 g/mol. The van der Waals surface area contributed by atoms with Crippen LogP contribution < -0.4 is 15.8 Å². The molecule has 1 aromatic carbocycles. The van der Waals surface area contributed by atoms with Crippen molar-refractivity contribution in [1.29, 1.82) is 0 Å². The number of benzene rings is 1. The lowest BCUT2D eigenvalue weighted by molar-refractivity contribution is -0.143. The number of hydrogen-bond donors (Lipinski definition) is 2. The van der Waals surface area contributed by atoms with Gasteiger partial charge in [0.15, 0.2) is 6.61 Å². The lowest BCUT2D eigenvalue weighted by Gasteiger charge is -2.18. The lowest BCUT2D eigenvalue weighted by atomic mass is 10.1. The van der Waals surface area contributed by atoms with Gasteiger partial charge < -0.3 is 20.5 Å². The third-order valence-electron chi connectivity index (χ3n) is 2.68. The van der Waals surface area contributed by atoms with Crippen molar-refractivity contribution in [3.05, 3.63) is 23.8 Å². The van der Waals surface area contributed by atoms with Crippen LogP contribution >= 0.6 is 0 Å². The van der Waals surface area contributed by atoms with E-state index in [-0.39, 0.29) is 24.9 Å². The maximum atomic E-state index is 11.2. The maximum absolute atomic E-state index is 11.2. The number of amides is 1. The Morgan fingerprint density at radius 1 is 1.47 bits per heavy atom. The minimum Gasteiger partial charge on any atom is -0.482 e. The predicted molar refractivity (Wildman–Crippen MR) is 68.9 cm³/mol. The molecule has 1 aromatic rings. The van der Waals surface area contributed by atoms with Crippen molar-refractivity contribution in [2.45, 2.75) is 12.8 Å². The number of rotatable bonds is 5. The number of nitrogens with one attached hydrogen (secondary N) is 1. The standard InChI is InChI=1S/C13H16N2O4/c14-5-3-13(17)18-6-4-9-1-2-11-10(7-9)15-12(16)8-19-11/h1-2,7H,3-6,8,14H2,(H,15,16). The molecule has 1 aliphatic rings. The molecule has 0 saturated carbocycles. The fourth-order valence-corrected chi connectivity index (χ4v) is 1.76. The van der Waals surface area contributed by atoms with E-state index in [1.54, 1.807) is 6.07 Å². The van der Waals surface area contributed by atoms with E-state index >= 15 is 0 Å². The van der Waals surface area contributed by atoms with Gasteiger partial charge in [-0.3, -0.25) is 9.59 Å². The minimum atomic E-state index is -0.294. The predicted octanol–water partition coefficient (Wildman–Crippen LogP) is 0.452. The van der Waals surface area contributed by atoms with E-state index in [2.05, 4.69) is 5.32 Å². The molecule has 0 spiro atoms. The van der Waals surface area contributed by atoms with E-state index in [4.69, 9.17) is 15.2 Å². The molecule has 6 nitrogen and oxygen atoms in total. The van der Waals surface area contributed by atoms with Crippen LogP contribution in [0.2, 0.25) is 0 Å². The minimum absolute atomic E-state index is 0.0447. The number of esters is 1. The third-order valence-corrected chi connectivity index (χ3v) is 2.68. The van der Waals surface area contributed by atoms with Crippen molar-refractivity contribution < 1.29 is 19.1 Å². The first kappa shape index (κ1) is 13.4. The van der Waals surface area contributed by atoms with E-state index in [0.29, 0.717) is 31.0 Å². The molecule has 0 bridgehead atoms. The van der Waals surface area contributed by atoms with Crippen molar-refractivity contribution >= 4 is 17.6 Å². The zero-order valence-corrected chi connectivity index (χ0v) is 10.5. The largest absolute Gasteiger partial charge is 0.482 e. The van der Waals surface area contributed by atoms with Gasteiger partial charge in [0.25, 0.3) is 5.91 Å². The SMILES string of the molecule is NCCC(=O)OCCc1ccc2c(c1)NC(=O)CO2. The second-order valence-corrected chi connectivity index (χ2v) is 4.18. The summed E-state index contributed by atoms with van der Waals surface area (Å²) in [6.45, 7) is 0.635. The van der Waals surface area contributed by atoms with Crippen LogP contribution in [0, 0.1) is 0 Å². The highest BCUT2D eigenvalue weighted by Gasteiger charge is 2.15. The molecule has 0 unspecified atom stereocenters. The lowest BCUT2D eigenvalue weighted by Crippen LogP contribution is -2.25. The van der Waals surface area contributed by atoms with Gasteiger partial charge in [0.1, 0.15) is 5.75 Å². The fourth-order valence-electron chi connectivity index (χ4n) is 1.76. The van der Waals surface area contributed by atoms with Crippen molar-refractivity contribution in [2.75, 3.05) is 25.1 Å². The second kappa shape index (κ2) is 6.19. The summed E-state index contributed by atoms with van der Waals surface area (Å²) in [6.07, 6.45) is 0.813. The molecule has 19 heavy (non-hydrogen) atoms. The van der Waals surface area contributed by atoms with Gasteiger partial charge in [0.2, 0.25) is 0 Å². The van der Waals surface area contributed by atoms with E-state index in [1.807, 2.05) is 12.1 Å². The molecule has 1 aliphatic heterocycles. The third kappa shape index (κ3) is 3.69. The first-order chi connectivity index (χ1) is 9.19. The summed E-state index contributed by atoms with van der Waals surface area (Å²) >= 11 is 0. The molecule has 0 radical (unpaired) electrons. The quantitative estimate of drug-likeness (QED) is 0.754. The van der Waals surface area contributed by atoms with Crippen molar-refractivity contribution in [3.63, 3.8) is 0 Å². The molecule has 6 heteroatoms. The highest BCUT2D eigenvalue weighted by molar-refractivity contribution is 5.95. The Balaban J connectivity index is 1.89. The van der Waals surface area contributed by atoms with Crippen molar-refractivity contribution in [1.82, 2.24) is 0 Å². The van der Waals surface area contributed by atoms with Crippen molar-refractivity contribution in [2.24, 2.45) is 5.73 Å². The number of nitrogens with two attached hydrogens (primary N) is 1. The second-order valence-electron chi connectivity index (χ2n) is 4.18. The summed E-state index contributed by atoms with van der Waals surface area (Å²) in [5.41, 5.74) is 6.86. The average Bonchev–Trinajstić information content (AvgIpc) is 2.38. The van der Waals surface area contributed by atoms with Crippen LogP contribution in [0.25, 0.3) is 0 Å². The van der Waals surface area contributed by atoms with Crippen molar-refractivity contribution in [3.8, 4) is 5.75 Å². The van der Waals surface area contributed by atoms with Crippen LogP contribution in [-0.2, 0) is 20.7 Å². The summed E-state index contributed by atoms with van der Waals surface area (Å²) < 4.78 is 10.3. The number of hydrogen-bond acceptors (Lipinski definition) is 5. The van der Waals surface area contributed by atoms with Gasteiger partial charge in [-0.15, -0.1) is 0 Å². The smallest absolute Gasteiger partial charge is 0.307 e. The van der Waals surface area contributed by atoms with Crippen LogP contribution in [0.1, 0.15) is 12.0 Å². The Bertz CT molecular complexity index is 488. The fraction of sp³-hybridized carbons (Fsp3) is 0.385. The molecular formula is C13H16N2O4. The van der Waals surface area contributed by atoms with Gasteiger partial charge in [-0.1, -0.05) is 6.07 Å². The van der Waals surface area contributed by atoms with Gasteiger partial charge in [-0.25, -0.2) is 0 Å². The Kier molecular flexibility index (Phi) is 4.35. The number of ether oxygens (including phenoxy) is 2. The Hall–Kier alpha value is -2.08. The monoisotopic (exact) mass is 264 g/mol. The van der Waals surface area contributed by atoms with Crippen LogP contribution in [-0.4, -0.2) is 31.6 Å². The first-order valence-electron chi connectivity index (χ1n) is 6.10. The molecule has 1 heterocycles. The summed E-state index contributed by atoms with van der Waals surface area (Å²) in [7, 11) is 0. The zero-order valence-electron chi connectivity index (χ0n) is 10.5. The highest BCUT2D eigenvalue weighted by Crippen LogP contribution is 2.28. The number of anilines is 1. The van der Waals surface area contributed by atoms with Crippen LogP contribution in [0.4, 0.5) is 5.69 Å². The van der Waals surface area contributed by atoms with Crippen LogP contribution in [0.3, 0.4) is 0 Å². The first-order valence-corrected chi connectivity index (χ1v) is 6.10. The Labute approximate surface area is 110 Å². The highest BCUT2D eigenvalue weighted by atomic mass is 16.5. The summed E-state index contributed by atoms with van der Waals surface area (Å²) in [5.74, 6) is 0.194. The average molecular weight is 264 g/mol. The van der Waals surface area contributed by atoms with Gasteiger partial charge in [0.05, 0.1) is 18.7 Å². The van der Waals surface area contributed by atoms with E-state index in [9.17, 15) is 9.59 Å². The summed E-state index contributed by atoms with van der Waals surface area (Å²) in [6, 6.07) is 5.50. The Morgan fingerprint density at radius 3 is 3.11 bits per heavy atom. The van der Waals surface area contributed by atoms with Gasteiger partial charge in [-0.2, -0.15) is 0 Å². The molecule has 3 N–H and O–H groups in total. The number of fused-ring (bicyclic) bond motifs is 1. The van der Waals surface area contributed by atoms with E-state index < -0.39 is 0 Å². The maximum Gasteiger partial charge on any atom is 0.307 e. The molecule has 0 fully saturated rings. The molecule has 2 rings (SSSR count).